The van der Waals surface area contributed by atoms with Gasteiger partial charge >= 0.3 is 5.97 Å². The highest BCUT2D eigenvalue weighted by Crippen LogP contribution is 2.38. The van der Waals surface area contributed by atoms with Gasteiger partial charge in [-0.1, -0.05) is 24.3 Å². The average Bonchev–Trinajstić information content (AvgIpc) is 2.99. The van der Waals surface area contributed by atoms with E-state index in [-0.39, 0.29) is 29.4 Å². The minimum absolute atomic E-state index is 0.198. The summed E-state index contributed by atoms with van der Waals surface area (Å²) in [6, 6.07) is 13.1. The van der Waals surface area contributed by atoms with Crippen LogP contribution < -0.4 is 14.4 Å². The lowest BCUT2D eigenvalue weighted by Gasteiger charge is -2.15. The number of nitrogens with zero attached hydrogens (tertiary/aromatic N) is 1. The second-order valence-corrected chi connectivity index (χ2v) is 6.79. The van der Waals surface area contributed by atoms with Crippen LogP contribution in [0.15, 0.2) is 60.7 Å². The highest BCUT2D eigenvalue weighted by Gasteiger charge is 2.47. The molecule has 2 aromatic carbocycles. The van der Waals surface area contributed by atoms with E-state index >= 15 is 0 Å². The summed E-state index contributed by atoms with van der Waals surface area (Å²) in [6.07, 6.45) is 5.05. The maximum Gasteiger partial charge on any atom is 0.343 e. The standard InChI is InChI=1S/C22H19NO5/c1-27-16-8-4-6-14(12-16)22(26)28-17-9-5-7-15(13-17)23-20(24)18-10-2-3-11-19(18)21(23)25/h2-9,12-13,18-19H,10-11H2,1H3/t18-,19+. The molecular formula is C22H19NO5. The van der Waals surface area contributed by atoms with E-state index in [9.17, 15) is 14.4 Å². The number of hydrogen-bond donors (Lipinski definition) is 0. The fraction of sp³-hybridized carbons (Fsp3) is 0.227. The largest absolute Gasteiger partial charge is 0.497 e. The average molecular weight is 377 g/mol. The molecule has 2 atom stereocenters. The van der Waals surface area contributed by atoms with E-state index in [0.717, 1.165) is 0 Å². The van der Waals surface area contributed by atoms with E-state index in [0.29, 0.717) is 29.8 Å². The van der Waals surface area contributed by atoms with Crippen LogP contribution in [0.1, 0.15) is 23.2 Å². The summed E-state index contributed by atoms with van der Waals surface area (Å²) in [5, 5.41) is 0. The molecule has 0 bridgehead atoms. The van der Waals surface area contributed by atoms with Crippen molar-refractivity contribution < 1.29 is 23.9 Å². The summed E-state index contributed by atoms with van der Waals surface area (Å²) in [5.41, 5.74) is 0.760. The summed E-state index contributed by atoms with van der Waals surface area (Å²) >= 11 is 0. The van der Waals surface area contributed by atoms with Gasteiger partial charge in [0.2, 0.25) is 11.8 Å². The van der Waals surface area contributed by atoms with Gasteiger partial charge in [-0.25, -0.2) is 9.69 Å². The monoisotopic (exact) mass is 377 g/mol. The molecule has 2 amide bonds. The molecule has 0 radical (unpaired) electrons. The minimum Gasteiger partial charge on any atom is -0.497 e. The number of carbonyl (C=O) groups excluding carboxylic acids is 3. The first-order valence-corrected chi connectivity index (χ1v) is 9.07. The normalized spacial score (nSPS) is 20.8. The van der Waals surface area contributed by atoms with Gasteiger partial charge in [0.05, 0.1) is 30.2 Å². The van der Waals surface area contributed by atoms with Crippen molar-refractivity contribution in [2.45, 2.75) is 12.8 Å². The second-order valence-electron chi connectivity index (χ2n) is 6.79. The topological polar surface area (TPSA) is 72.9 Å². The van der Waals surface area contributed by atoms with Crippen LogP contribution in [0.25, 0.3) is 0 Å². The van der Waals surface area contributed by atoms with Gasteiger partial charge in [0.25, 0.3) is 0 Å². The van der Waals surface area contributed by atoms with E-state index in [1.54, 1.807) is 48.5 Å². The summed E-state index contributed by atoms with van der Waals surface area (Å²) in [6.45, 7) is 0. The van der Waals surface area contributed by atoms with E-state index in [1.165, 1.54) is 12.0 Å². The van der Waals surface area contributed by atoms with Crippen molar-refractivity contribution >= 4 is 23.5 Å². The predicted molar refractivity (Wildman–Crippen MR) is 102 cm³/mol. The van der Waals surface area contributed by atoms with Gasteiger partial charge in [-0.2, -0.15) is 0 Å². The molecule has 1 aliphatic carbocycles. The van der Waals surface area contributed by atoms with Crippen LogP contribution in [0.4, 0.5) is 5.69 Å². The van der Waals surface area contributed by atoms with Crippen molar-refractivity contribution in [2.75, 3.05) is 12.0 Å². The third kappa shape index (κ3) is 3.17. The molecule has 142 valence electrons. The van der Waals surface area contributed by atoms with Crippen molar-refractivity contribution in [3.05, 3.63) is 66.2 Å². The first-order valence-electron chi connectivity index (χ1n) is 9.07. The van der Waals surface area contributed by atoms with Gasteiger partial charge in [0.1, 0.15) is 11.5 Å². The Labute approximate surface area is 162 Å². The van der Waals surface area contributed by atoms with Gasteiger partial charge in [-0.05, 0) is 43.2 Å². The lowest BCUT2D eigenvalue weighted by Crippen LogP contribution is -2.30. The van der Waals surface area contributed by atoms with Crippen LogP contribution in [0.5, 0.6) is 11.5 Å². The Morgan fingerprint density at radius 3 is 2.25 bits per heavy atom. The van der Waals surface area contributed by atoms with Gasteiger partial charge in [-0.15, -0.1) is 0 Å². The summed E-state index contributed by atoms with van der Waals surface area (Å²) in [5.74, 6) is -0.744. The molecule has 0 spiro atoms. The lowest BCUT2D eigenvalue weighted by atomic mass is 9.85. The van der Waals surface area contributed by atoms with E-state index in [2.05, 4.69) is 0 Å². The zero-order chi connectivity index (χ0) is 19.7. The number of methoxy groups -OCH3 is 1. The zero-order valence-electron chi connectivity index (χ0n) is 15.3. The molecule has 1 aliphatic heterocycles. The Balaban J connectivity index is 1.56. The number of amides is 2. The van der Waals surface area contributed by atoms with Crippen molar-refractivity contribution in [2.24, 2.45) is 11.8 Å². The molecule has 6 heteroatoms. The van der Waals surface area contributed by atoms with Crippen LogP contribution in [0.3, 0.4) is 0 Å². The van der Waals surface area contributed by atoms with E-state index < -0.39 is 5.97 Å². The Morgan fingerprint density at radius 1 is 0.929 bits per heavy atom. The number of allylic oxidation sites excluding steroid dienone is 2. The summed E-state index contributed by atoms with van der Waals surface area (Å²) < 4.78 is 10.6. The van der Waals surface area contributed by atoms with Crippen LogP contribution in [-0.2, 0) is 9.59 Å². The number of imide groups is 1. The van der Waals surface area contributed by atoms with Gasteiger partial charge in [0.15, 0.2) is 0 Å². The Kier molecular flexibility index (Phi) is 4.69. The predicted octanol–water partition coefficient (Wildman–Crippen LogP) is 3.37. The maximum atomic E-state index is 12.7. The molecule has 4 rings (SSSR count). The maximum absolute atomic E-state index is 12.7. The first kappa shape index (κ1) is 18.0. The van der Waals surface area contributed by atoms with Crippen LogP contribution >= 0.6 is 0 Å². The smallest absolute Gasteiger partial charge is 0.343 e. The molecule has 1 heterocycles. The fourth-order valence-electron chi connectivity index (χ4n) is 3.66. The lowest BCUT2D eigenvalue weighted by molar-refractivity contribution is -0.122. The number of carbonyl (C=O) groups is 3. The Hall–Kier alpha value is -3.41. The quantitative estimate of drug-likeness (QED) is 0.354. The highest BCUT2D eigenvalue weighted by molar-refractivity contribution is 6.22. The molecular weight excluding hydrogens is 358 g/mol. The molecule has 0 unspecified atom stereocenters. The SMILES string of the molecule is COc1cccc(C(=O)Oc2cccc(N3C(=O)[C@H]4CC=CC[C@H]4C3=O)c2)c1. The molecule has 0 N–H and O–H groups in total. The molecule has 0 saturated carbocycles. The highest BCUT2D eigenvalue weighted by atomic mass is 16.5. The molecule has 1 fully saturated rings. The molecule has 2 aromatic rings. The van der Waals surface area contributed by atoms with Crippen LogP contribution in [0.2, 0.25) is 0 Å². The molecule has 2 aliphatic rings. The molecule has 6 nitrogen and oxygen atoms in total. The van der Waals surface area contributed by atoms with Gasteiger partial charge < -0.3 is 9.47 Å². The molecule has 0 aromatic heterocycles. The van der Waals surface area contributed by atoms with Crippen LogP contribution in [-0.4, -0.2) is 24.9 Å². The summed E-state index contributed by atoms with van der Waals surface area (Å²) in [4.78, 5) is 39.1. The van der Waals surface area contributed by atoms with Crippen molar-refractivity contribution in [1.29, 1.82) is 0 Å². The number of fused-ring (bicyclic) bond motifs is 1. The number of ether oxygens (including phenoxy) is 2. The van der Waals surface area contributed by atoms with Gasteiger partial charge in [-0.3, -0.25) is 9.59 Å². The zero-order valence-corrected chi connectivity index (χ0v) is 15.3. The number of esters is 1. The fourth-order valence-corrected chi connectivity index (χ4v) is 3.66. The number of anilines is 1. The number of rotatable bonds is 4. The number of benzene rings is 2. The third-order valence-electron chi connectivity index (χ3n) is 5.10. The van der Waals surface area contributed by atoms with Crippen molar-refractivity contribution in [3.8, 4) is 11.5 Å². The van der Waals surface area contributed by atoms with E-state index in [4.69, 9.17) is 9.47 Å². The molecule has 1 saturated heterocycles. The minimum atomic E-state index is -0.548. The first-order chi connectivity index (χ1) is 13.6. The van der Waals surface area contributed by atoms with Crippen molar-refractivity contribution in [1.82, 2.24) is 0 Å². The molecule has 28 heavy (non-hydrogen) atoms. The second kappa shape index (κ2) is 7.31. The van der Waals surface area contributed by atoms with Crippen LogP contribution in [0, 0.1) is 11.8 Å². The third-order valence-corrected chi connectivity index (χ3v) is 5.10. The van der Waals surface area contributed by atoms with Gasteiger partial charge in [0, 0.05) is 6.07 Å². The Morgan fingerprint density at radius 2 is 1.57 bits per heavy atom. The van der Waals surface area contributed by atoms with E-state index in [1.807, 2.05) is 12.2 Å². The number of hydrogen-bond acceptors (Lipinski definition) is 5. The summed E-state index contributed by atoms with van der Waals surface area (Å²) in [7, 11) is 1.52. The Bertz CT molecular complexity index is 954. The van der Waals surface area contributed by atoms with Crippen molar-refractivity contribution in [3.63, 3.8) is 0 Å².